The van der Waals surface area contributed by atoms with Crippen LogP contribution in [0.4, 0.5) is 11.5 Å². The van der Waals surface area contributed by atoms with Crippen LogP contribution < -0.4 is 15.5 Å². The van der Waals surface area contributed by atoms with Crippen LogP contribution in [0.2, 0.25) is 0 Å². The average molecular weight is 360 g/mol. The summed E-state index contributed by atoms with van der Waals surface area (Å²) in [7, 11) is 0. The summed E-state index contributed by atoms with van der Waals surface area (Å²) in [6.07, 6.45) is 4.63. The number of imide groups is 1. The first-order chi connectivity index (χ1) is 12.7. The number of nitrogens with one attached hydrogen (secondary N) is 2. The second kappa shape index (κ2) is 7.59. The maximum absolute atomic E-state index is 11.8. The summed E-state index contributed by atoms with van der Waals surface area (Å²) in [4.78, 5) is 29.8. The lowest BCUT2D eigenvalue weighted by Crippen LogP contribution is -2.47. The minimum absolute atomic E-state index is 0.0368. The Morgan fingerprint density at radius 1 is 1.12 bits per heavy atom. The van der Waals surface area contributed by atoms with Gasteiger partial charge in [0.05, 0.1) is 25.1 Å². The van der Waals surface area contributed by atoms with E-state index in [0.717, 1.165) is 37.4 Å². The van der Waals surface area contributed by atoms with E-state index in [2.05, 4.69) is 20.5 Å². The van der Waals surface area contributed by atoms with Crippen molar-refractivity contribution >= 4 is 23.3 Å². The van der Waals surface area contributed by atoms with Crippen LogP contribution in [0.5, 0.6) is 0 Å². The topological polar surface area (TPSA) is 92.8 Å². The first-order valence-corrected chi connectivity index (χ1v) is 9.23. The van der Waals surface area contributed by atoms with E-state index in [1.807, 2.05) is 12.1 Å². The second-order valence-corrected chi connectivity index (χ2v) is 6.99. The molecule has 8 nitrogen and oxygen atoms in total. The highest BCUT2D eigenvalue weighted by atomic mass is 16.7. The van der Waals surface area contributed by atoms with Gasteiger partial charge in [0.1, 0.15) is 11.9 Å². The predicted octanol–water partition coefficient (Wildman–Crippen LogP) is 0.888. The molecule has 0 bridgehead atoms. The van der Waals surface area contributed by atoms with Gasteiger partial charge in [-0.15, -0.1) is 0 Å². The number of hydrogen-bond donors (Lipinski definition) is 2. The van der Waals surface area contributed by atoms with E-state index < -0.39 is 0 Å². The molecule has 1 aromatic rings. The van der Waals surface area contributed by atoms with E-state index in [1.54, 1.807) is 6.20 Å². The molecule has 2 amide bonds. The summed E-state index contributed by atoms with van der Waals surface area (Å²) >= 11 is 0. The highest BCUT2D eigenvalue weighted by Gasteiger charge is 2.31. The molecule has 1 atom stereocenters. The van der Waals surface area contributed by atoms with E-state index in [-0.39, 0.29) is 24.1 Å². The zero-order valence-electron chi connectivity index (χ0n) is 14.6. The molecular formula is C18H24N4O4. The van der Waals surface area contributed by atoms with Gasteiger partial charge in [-0.3, -0.25) is 14.9 Å². The number of amides is 2. The lowest BCUT2D eigenvalue weighted by atomic mass is 9.96. The Morgan fingerprint density at radius 3 is 2.54 bits per heavy atom. The molecule has 3 aliphatic rings. The quantitative estimate of drug-likeness (QED) is 0.770. The highest BCUT2D eigenvalue weighted by molar-refractivity contribution is 6.01. The molecule has 4 rings (SSSR count). The predicted molar refractivity (Wildman–Crippen MR) is 94.7 cm³/mol. The maximum atomic E-state index is 11.8. The zero-order valence-corrected chi connectivity index (χ0v) is 14.6. The number of aromatic nitrogens is 1. The number of carbonyl (C=O) groups is 2. The smallest absolute Gasteiger partial charge is 0.249 e. The van der Waals surface area contributed by atoms with Gasteiger partial charge in [-0.25, -0.2) is 4.98 Å². The molecule has 2 N–H and O–H groups in total. The molecule has 140 valence electrons. The fourth-order valence-corrected chi connectivity index (χ4v) is 3.74. The number of carbonyl (C=O) groups excluding carboxylic acids is 2. The fourth-order valence-electron chi connectivity index (χ4n) is 3.74. The van der Waals surface area contributed by atoms with Crippen LogP contribution in [-0.4, -0.2) is 55.4 Å². The maximum Gasteiger partial charge on any atom is 0.249 e. The third-order valence-corrected chi connectivity index (χ3v) is 5.22. The van der Waals surface area contributed by atoms with Crippen molar-refractivity contribution in [1.82, 2.24) is 10.3 Å². The Labute approximate surface area is 152 Å². The zero-order chi connectivity index (χ0) is 17.9. The van der Waals surface area contributed by atoms with Crippen LogP contribution in [0.25, 0.3) is 0 Å². The fraction of sp³-hybridized carbons (Fsp3) is 0.611. The summed E-state index contributed by atoms with van der Waals surface area (Å²) < 4.78 is 11.2. The highest BCUT2D eigenvalue weighted by Crippen LogP contribution is 2.28. The van der Waals surface area contributed by atoms with Gasteiger partial charge in [0.15, 0.2) is 6.29 Å². The molecule has 1 unspecified atom stereocenters. The van der Waals surface area contributed by atoms with Crippen molar-refractivity contribution < 1.29 is 19.1 Å². The summed E-state index contributed by atoms with van der Waals surface area (Å²) in [6, 6.07) is 3.51. The van der Waals surface area contributed by atoms with Crippen LogP contribution in [-0.2, 0) is 19.1 Å². The van der Waals surface area contributed by atoms with E-state index in [0.29, 0.717) is 32.0 Å². The van der Waals surface area contributed by atoms with Crippen molar-refractivity contribution in [2.75, 3.05) is 36.5 Å². The van der Waals surface area contributed by atoms with E-state index in [4.69, 9.17) is 9.47 Å². The molecule has 0 saturated carbocycles. The third-order valence-electron chi connectivity index (χ3n) is 5.22. The molecule has 0 spiro atoms. The standard InChI is InChI=1S/C18H24N4O4/c23-16-4-2-14(17(24)21-16)20-13-1-3-15(19-11-13)22-7-5-12(6-8-22)18-25-9-10-26-18/h1,3,11-12,14,18,20H,2,4-10H2,(H,21,23,24). The lowest BCUT2D eigenvalue weighted by molar-refractivity contribution is -0.133. The second-order valence-electron chi connectivity index (χ2n) is 6.99. The number of piperidine rings is 2. The van der Waals surface area contributed by atoms with Crippen molar-refractivity contribution in [2.24, 2.45) is 5.92 Å². The molecule has 3 aliphatic heterocycles. The van der Waals surface area contributed by atoms with Gasteiger partial charge in [0.2, 0.25) is 11.8 Å². The van der Waals surface area contributed by atoms with Gasteiger partial charge in [-0.05, 0) is 31.4 Å². The number of nitrogens with zero attached hydrogens (tertiary/aromatic N) is 2. The van der Waals surface area contributed by atoms with Crippen LogP contribution in [0.15, 0.2) is 18.3 Å². The van der Waals surface area contributed by atoms with Gasteiger partial charge in [0, 0.05) is 25.4 Å². The molecular weight excluding hydrogens is 336 g/mol. The van der Waals surface area contributed by atoms with Gasteiger partial charge >= 0.3 is 0 Å². The largest absolute Gasteiger partial charge is 0.372 e. The van der Waals surface area contributed by atoms with Crippen molar-refractivity contribution in [3.63, 3.8) is 0 Å². The molecule has 26 heavy (non-hydrogen) atoms. The molecule has 3 fully saturated rings. The molecule has 4 heterocycles. The number of pyridine rings is 1. The van der Waals surface area contributed by atoms with E-state index in [1.165, 1.54) is 0 Å². The number of hydrogen-bond acceptors (Lipinski definition) is 7. The third kappa shape index (κ3) is 3.81. The number of ether oxygens (including phenoxy) is 2. The van der Waals surface area contributed by atoms with Crippen LogP contribution in [0.3, 0.4) is 0 Å². The SMILES string of the molecule is O=C1CCC(Nc2ccc(N3CCC(C4OCCO4)CC3)nc2)C(=O)N1. The molecule has 0 aliphatic carbocycles. The lowest BCUT2D eigenvalue weighted by Gasteiger charge is -2.34. The van der Waals surface area contributed by atoms with Crippen LogP contribution >= 0.6 is 0 Å². The van der Waals surface area contributed by atoms with E-state index >= 15 is 0 Å². The Kier molecular flexibility index (Phi) is 5.03. The number of anilines is 2. The molecule has 0 aromatic carbocycles. The average Bonchev–Trinajstić information content (AvgIpc) is 3.20. The van der Waals surface area contributed by atoms with Crippen molar-refractivity contribution in [2.45, 2.75) is 38.0 Å². The summed E-state index contributed by atoms with van der Waals surface area (Å²) in [5.74, 6) is 0.912. The van der Waals surface area contributed by atoms with Crippen molar-refractivity contribution in [1.29, 1.82) is 0 Å². The minimum Gasteiger partial charge on any atom is -0.372 e. The molecule has 8 heteroatoms. The molecule has 0 radical (unpaired) electrons. The molecule has 3 saturated heterocycles. The van der Waals surface area contributed by atoms with Gasteiger partial charge in [-0.1, -0.05) is 0 Å². The number of rotatable bonds is 4. The first kappa shape index (κ1) is 17.2. The van der Waals surface area contributed by atoms with Crippen LogP contribution in [0.1, 0.15) is 25.7 Å². The Hall–Kier alpha value is -2.19. The first-order valence-electron chi connectivity index (χ1n) is 9.23. The molecule has 1 aromatic heterocycles. The summed E-state index contributed by atoms with van der Waals surface area (Å²) in [6.45, 7) is 3.27. The van der Waals surface area contributed by atoms with Crippen molar-refractivity contribution in [3.05, 3.63) is 18.3 Å². The van der Waals surface area contributed by atoms with Gasteiger partial charge < -0.3 is 19.7 Å². The Morgan fingerprint density at radius 2 is 1.88 bits per heavy atom. The van der Waals surface area contributed by atoms with E-state index in [9.17, 15) is 9.59 Å². The Bertz CT molecular complexity index is 652. The summed E-state index contributed by atoms with van der Waals surface area (Å²) in [5.41, 5.74) is 0.783. The minimum atomic E-state index is -0.387. The van der Waals surface area contributed by atoms with Crippen molar-refractivity contribution in [3.8, 4) is 0 Å². The normalized spacial score (nSPS) is 25.4. The monoisotopic (exact) mass is 360 g/mol. The van der Waals surface area contributed by atoms with Gasteiger partial charge in [0.25, 0.3) is 0 Å². The van der Waals surface area contributed by atoms with Crippen LogP contribution in [0, 0.1) is 5.92 Å². The summed E-state index contributed by atoms with van der Waals surface area (Å²) in [5, 5.41) is 5.50. The Balaban J connectivity index is 1.30. The van der Waals surface area contributed by atoms with Gasteiger partial charge in [-0.2, -0.15) is 0 Å².